The van der Waals surface area contributed by atoms with Gasteiger partial charge in [-0.25, -0.2) is 4.79 Å². The molecule has 0 unspecified atom stereocenters. The van der Waals surface area contributed by atoms with Crippen molar-refractivity contribution in [2.45, 2.75) is 0 Å². The van der Waals surface area contributed by atoms with Crippen LogP contribution in [-0.4, -0.2) is 13.1 Å². The molecule has 29 heavy (non-hydrogen) atoms. The molecule has 4 aromatic carbocycles. The summed E-state index contributed by atoms with van der Waals surface area (Å²) in [6.45, 7) is 0. The summed E-state index contributed by atoms with van der Waals surface area (Å²) in [7, 11) is -0.771. The van der Waals surface area contributed by atoms with Gasteiger partial charge in [0.1, 0.15) is 28.5 Å². The van der Waals surface area contributed by atoms with Crippen LogP contribution in [0.25, 0.3) is 0 Å². The van der Waals surface area contributed by atoms with Crippen LogP contribution < -0.4 is 21.2 Å². The van der Waals surface area contributed by atoms with E-state index in [0.717, 1.165) is 5.30 Å². The van der Waals surface area contributed by atoms with Crippen LogP contribution in [0.3, 0.4) is 0 Å². The summed E-state index contributed by atoms with van der Waals surface area (Å²) in [6.07, 6.45) is 0. The van der Waals surface area contributed by atoms with E-state index in [0.29, 0.717) is 5.56 Å². The summed E-state index contributed by atoms with van der Waals surface area (Å²) < 4.78 is 4.99. The van der Waals surface area contributed by atoms with Crippen LogP contribution in [0.1, 0.15) is 10.4 Å². The molecule has 3 heteroatoms. The molecular formula is C26H22O2P+. The van der Waals surface area contributed by atoms with E-state index in [1.54, 1.807) is 0 Å². The number of hydrogen-bond donors (Lipinski definition) is 0. The van der Waals surface area contributed by atoms with Gasteiger partial charge in [-0.3, -0.25) is 0 Å². The number of methoxy groups -OCH3 is 1. The fourth-order valence-electron chi connectivity index (χ4n) is 3.81. The molecule has 0 atom stereocenters. The summed E-state index contributed by atoms with van der Waals surface area (Å²) >= 11 is 0. The predicted molar refractivity (Wildman–Crippen MR) is 123 cm³/mol. The van der Waals surface area contributed by atoms with Crippen molar-refractivity contribution in [3.05, 3.63) is 121 Å². The molecule has 0 aliphatic rings. The molecule has 0 bridgehead atoms. The van der Waals surface area contributed by atoms with Crippen molar-refractivity contribution >= 4 is 34.4 Å². The molecule has 0 saturated heterocycles. The Morgan fingerprint density at radius 1 is 0.586 bits per heavy atom. The van der Waals surface area contributed by atoms with Gasteiger partial charge in [-0.05, 0) is 54.6 Å². The summed E-state index contributed by atoms with van der Waals surface area (Å²) in [6, 6.07) is 39.7. The Hall–Kier alpha value is -3.22. The zero-order valence-corrected chi connectivity index (χ0v) is 17.1. The zero-order valence-electron chi connectivity index (χ0n) is 16.2. The second kappa shape index (κ2) is 8.43. The number of hydrogen-bond acceptors (Lipinski definition) is 2. The highest BCUT2D eigenvalue weighted by Crippen LogP contribution is 2.54. The average Bonchev–Trinajstić information content (AvgIpc) is 2.81. The molecular weight excluding hydrogens is 375 g/mol. The van der Waals surface area contributed by atoms with Crippen molar-refractivity contribution in [3.63, 3.8) is 0 Å². The topological polar surface area (TPSA) is 26.3 Å². The Kier molecular flexibility index (Phi) is 5.55. The lowest BCUT2D eigenvalue weighted by molar-refractivity contribution is 0.0601. The van der Waals surface area contributed by atoms with E-state index in [-0.39, 0.29) is 5.97 Å². The first-order valence-electron chi connectivity index (χ1n) is 9.51. The number of rotatable bonds is 5. The summed E-state index contributed by atoms with van der Waals surface area (Å²) in [5.74, 6) is -0.320. The molecule has 0 radical (unpaired) electrons. The summed E-state index contributed by atoms with van der Waals surface area (Å²) in [5, 5.41) is 4.88. The Labute approximate surface area is 172 Å². The second-order valence-corrected chi connectivity index (χ2v) is 10.1. The minimum Gasteiger partial charge on any atom is -0.465 e. The molecule has 0 aliphatic carbocycles. The molecule has 142 valence electrons. The molecule has 0 aromatic heterocycles. The largest absolute Gasteiger partial charge is 0.465 e. The molecule has 0 amide bonds. The van der Waals surface area contributed by atoms with Gasteiger partial charge in [0.15, 0.2) is 0 Å². The van der Waals surface area contributed by atoms with Gasteiger partial charge in [-0.15, -0.1) is 0 Å². The van der Waals surface area contributed by atoms with Gasteiger partial charge in [0.2, 0.25) is 0 Å². The van der Waals surface area contributed by atoms with Crippen molar-refractivity contribution < 1.29 is 9.53 Å². The SMILES string of the molecule is COC(=O)c1cccc([P+](c2ccccc2)(c2ccccc2)c2ccccc2)c1. The lowest BCUT2D eigenvalue weighted by atomic mass is 10.2. The summed E-state index contributed by atoms with van der Waals surface area (Å²) in [5.41, 5.74) is 0.567. The normalized spacial score (nSPS) is 11.1. The Bertz CT molecular complexity index is 996. The van der Waals surface area contributed by atoms with Gasteiger partial charge >= 0.3 is 5.97 Å². The van der Waals surface area contributed by atoms with Crippen LogP contribution >= 0.6 is 7.26 Å². The van der Waals surface area contributed by atoms with Crippen LogP contribution in [0.5, 0.6) is 0 Å². The van der Waals surface area contributed by atoms with Crippen molar-refractivity contribution in [2.24, 2.45) is 0 Å². The van der Waals surface area contributed by atoms with Gasteiger partial charge in [-0.1, -0.05) is 60.7 Å². The third-order valence-corrected chi connectivity index (χ3v) is 9.36. The monoisotopic (exact) mass is 397 g/mol. The van der Waals surface area contributed by atoms with E-state index in [1.165, 1.54) is 23.0 Å². The molecule has 0 fully saturated rings. The van der Waals surface area contributed by atoms with E-state index in [9.17, 15) is 4.79 Å². The molecule has 0 saturated carbocycles. The van der Waals surface area contributed by atoms with Crippen LogP contribution in [0.15, 0.2) is 115 Å². The van der Waals surface area contributed by atoms with Gasteiger partial charge in [0.25, 0.3) is 0 Å². The molecule has 0 heterocycles. The van der Waals surface area contributed by atoms with E-state index < -0.39 is 7.26 Å². The second-order valence-electron chi connectivity index (χ2n) is 6.72. The highest BCUT2D eigenvalue weighted by Gasteiger charge is 2.47. The highest BCUT2D eigenvalue weighted by molar-refractivity contribution is 8.01. The van der Waals surface area contributed by atoms with Gasteiger partial charge in [0.05, 0.1) is 12.7 Å². The smallest absolute Gasteiger partial charge is 0.337 e. The van der Waals surface area contributed by atoms with Crippen molar-refractivity contribution in [2.75, 3.05) is 7.11 Å². The predicted octanol–water partition coefficient (Wildman–Crippen LogP) is 4.09. The van der Waals surface area contributed by atoms with Gasteiger partial charge < -0.3 is 4.74 Å². The first kappa shape index (κ1) is 19.1. The lowest BCUT2D eigenvalue weighted by Gasteiger charge is -2.27. The quantitative estimate of drug-likeness (QED) is 0.375. The molecule has 0 N–H and O–H groups in total. The maximum atomic E-state index is 12.3. The van der Waals surface area contributed by atoms with E-state index >= 15 is 0 Å². The third-order valence-electron chi connectivity index (χ3n) is 5.09. The molecule has 4 aromatic rings. The van der Waals surface area contributed by atoms with Crippen LogP contribution in [0.2, 0.25) is 0 Å². The minimum absolute atomic E-state index is 0.320. The number of carbonyl (C=O) groups excluding carboxylic acids is 1. The third kappa shape index (κ3) is 3.48. The zero-order chi connectivity index (χ0) is 20.1. The van der Waals surface area contributed by atoms with Gasteiger partial charge in [0, 0.05) is 0 Å². The van der Waals surface area contributed by atoms with E-state index in [1.807, 2.05) is 36.4 Å². The standard InChI is InChI=1S/C26H22O2P/c1-28-26(27)21-12-11-19-25(20-21)29(22-13-5-2-6-14-22,23-15-7-3-8-16-23)24-17-9-4-10-18-24/h2-20H,1H3/q+1. The molecule has 2 nitrogen and oxygen atoms in total. The summed E-state index contributed by atoms with van der Waals surface area (Å²) in [4.78, 5) is 12.3. The molecule has 0 aliphatic heterocycles. The molecule has 4 rings (SSSR count). The Balaban J connectivity index is 2.11. The van der Waals surface area contributed by atoms with Crippen molar-refractivity contribution in [1.82, 2.24) is 0 Å². The lowest BCUT2D eigenvalue weighted by Crippen LogP contribution is -2.38. The van der Waals surface area contributed by atoms with Crippen molar-refractivity contribution in [3.8, 4) is 0 Å². The number of carbonyl (C=O) groups is 1. The average molecular weight is 397 g/mol. The number of benzene rings is 4. The van der Waals surface area contributed by atoms with Crippen LogP contribution in [0.4, 0.5) is 0 Å². The number of ether oxygens (including phenoxy) is 1. The maximum Gasteiger partial charge on any atom is 0.337 e. The first-order chi connectivity index (χ1) is 14.3. The van der Waals surface area contributed by atoms with Crippen molar-refractivity contribution in [1.29, 1.82) is 0 Å². The van der Waals surface area contributed by atoms with E-state index in [2.05, 4.69) is 78.9 Å². The fraction of sp³-hybridized carbons (Fsp3) is 0.0385. The number of esters is 1. The maximum absolute atomic E-state index is 12.3. The first-order valence-corrected chi connectivity index (χ1v) is 11.3. The Morgan fingerprint density at radius 3 is 1.41 bits per heavy atom. The Morgan fingerprint density at radius 2 is 1.00 bits per heavy atom. The highest BCUT2D eigenvalue weighted by atomic mass is 31.2. The van der Waals surface area contributed by atoms with Crippen LogP contribution in [0, 0.1) is 0 Å². The van der Waals surface area contributed by atoms with Crippen LogP contribution in [-0.2, 0) is 4.74 Å². The molecule has 0 spiro atoms. The van der Waals surface area contributed by atoms with E-state index in [4.69, 9.17) is 4.74 Å². The fourth-order valence-corrected chi connectivity index (χ4v) is 8.10. The van der Waals surface area contributed by atoms with Gasteiger partial charge in [-0.2, -0.15) is 0 Å². The minimum atomic E-state index is -2.19.